The first-order valence-corrected chi connectivity index (χ1v) is 7.35. The summed E-state index contributed by atoms with van der Waals surface area (Å²) in [7, 11) is 0. The van der Waals surface area contributed by atoms with Crippen LogP contribution in [0.3, 0.4) is 0 Å². The number of aromatic nitrogens is 5. The van der Waals surface area contributed by atoms with E-state index in [0.717, 1.165) is 36.4 Å². The number of fused-ring (bicyclic) bond motifs is 1. The standard InChI is InChI=1S/C15H16N6O/c1-9-8-16-14(17-9)13-3-2-6-21(13)15(22)10-4-5-11-12(7-10)19-20-18-11/h4-5,7-8,13H,2-3,6H2,1H3,(H,16,17)(H,18,19,20)/t13-/m0/s1. The van der Waals surface area contributed by atoms with Gasteiger partial charge in [-0.2, -0.15) is 15.4 Å². The average Bonchev–Trinajstić information content (AvgIpc) is 3.25. The highest BCUT2D eigenvalue weighted by atomic mass is 16.2. The van der Waals surface area contributed by atoms with Gasteiger partial charge in [-0.05, 0) is 38.0 Å². The molecule has 1 saturated heterocycles. The molecule has 7 nitrogen and oxygen atoms in total. The Labute approximate surface area is 126 Å². The van der Waals surface area contributed by atoms with Crippen LogP contribution < -0.4 is 0 Å². The summed E-state index contributed by atoms with van der Waals surface area (Å²) in [6.45, 7) is 2.72. The lowest BCUT2D eigenvalue weighted by molar-refractivity contribution is 0.0730. The van der Waals surface area contributed by atoms with E-state index in [1.165, 1.54) is 0 Å². The number of likely N-dealkylation sites (tertiary alicyclic amines) is 1. The Morgan fingerprint density at radius 1 is 1.32 bits per heavy atom. The fourth-order valence-corrected chi connectivity index (χ4v) is 3.04. The lowest BCUT2D eigenvalue weighted by Gasteiger charge is -2.23. The molecule has 22 heavy (non-hydrogen) atoms. The van der Waals surface area contributed by atoms with Crippen molar-refractivity contribution in [3.05, 3.63) is 41.5 Å². The Morgan fingerprint density at radius 3 is 3.00 bits per heavy atom. The predicted molar refractivity (Wildman–Crippen MR) is 80.2 cm³/mol. The fraction of sp³-hybridized carbons (Fsp3) is 0.333. The Morgan fingerprint density at radius 2 is 2.18 bits per heavy atom. The van der Waals surface area contributed by atoms with Crippen molar-refractivity contribution in [2.24, 2.45) is 0 Å². The van der Waals surface area contributed by atoms with Crippen LogP contribution in [0.4, 0.5) is 0 Å². The number of carbonyl (C=O) groups is 1. The van der Waals surface area contributed by atoms with E-state index in [1.54, 1.807) is 18.3 Å². The third-order valence-electron chi connectivity index (χ3n) is 4.12. The van der Waals surface area contributed by atoms with Crippen molar-refractivity contribution in [1.29, 1.82) is 0 Å². The van der Waals surface area contributed by atoms with Crippen LogP contribution in [0, 0.1) is 6.92 Å². The quantitative estimate of drug-likeness (QED) is 0.756. The van der Waals surface area contributed by atoms with Gasteiger partial charge in [0, 0.05) is 24.0 Å². The molecule has 2 N–H and O–H groups in total. The number of nitrogens with zero attached hydrogens (tertiary/aromatic N) is 4. The minimum absolute atomic E-state index is 0.0152. The lowest BCUT2D eigenvalue weighted by Crippen LogP contribution is -2.31. The van der Waals surface area contributed by atoms with Crippen LogP contribution in [0.15, 0.2) is 24.4 Å². The molecule has 4 rings (SSSR count). The SMILES string of the molecule is Cc1cnc([C@@H]2CCCN2C(=O)c2ccc3n[nH]nc3c2)[nH]1. The zero-order valence-corrected chi connectivity index (χ0v) is 12.2. The number of aryl methyl sites for hydroxylation is 1. The molecule has 1 aromatic carbocycles. The molecule has 0 saturated carbocycles. The molecule has 7 heteroatoms. The Kier molecular flexibility index (Phi) is 2.92. The summed E-state index contributed by atoms with van der Waals surface area (Å²) in [5.41, 5.74) is 3.11. The monoisotopic (exact) mass is 296 g/mol. The van der Waals surface area contributed by atoms with Gasteiger partial charge in [0.15, 0.2) is 0 Å². The van der Waals surface area contributed by atoms with Crippen molar-refractivity contribution in [2.45, 2.75) is 25.8 Å². The molecule has 1 aliphatic heterocycles. The molecule has 3 heterocycles. The number of amides is 1. The normalized spacial score (nSPS) is 18.2. The zero-order valence-electron chi connectivity index (χ0n) is 12.2. The number of benzene rings is 1. The van der Waals surface area contributed by atoms with Gasteiger partial charge < -0.3 is 9.88 Å². The van der Waals surface area contributed by atoms with Crippen molar-refractivity contribution in [2.75, 3.05) is 6.54 Å². The van der Waals surface area contributed by atoms with Gasteiger partial charge >= 0.3 is 0 Å². The van der Waals surface area contributed by atoms with Crippen LogP contribution >= 0.6 is 0 Å². The molecule has 0 unspecified atom stereocenters. The van der Waals surface area contributed by atoms with Crippen molar-refractivity contribution < 1.29 is 4.79 Å². The molecule has 2 aromatic heterocycles. The number of hydrogen-bond acceptors (Lipinski definition) is 4. The summed E-state index contributed by atoms with van der Waals surface area (Å²) in [6.07, 6.45) is 3.73. The zero-order chi connectivity index (χ0) is 15.1. The minimum atomic E-state index is 0.0152. The van der Waals surface area contributed by atoms with Gasteiger partial charge in [-0.3, -0.25) is 4.79 Å². The van der Waals surface area contributed by atoms with Crippen LogP contribution in [0.1, 0.15) is 40.8 Å². The topological polar surface area (TPSA) is 90.6 Å². The molecule has 1 amide bonds. The lowest BCUT2D eigenvalue weighted by atomic mass is 10.1. The number of carbonyl (C=O) groups excluding carboxylic acids is 1. The Balaban J connectivity index is 1.65. The van der Waals surface area contributed by atoms with Gasteiger partial charge in [0.2, 0.25) is 0 Å². The van der Waals surface area contributed by atoms with Gasteiger partial charge in [0.05, 0.1) is 6.04 Å². The highest BCUT2D eigenvalue weighted by Crippen LogP contribution is 2.31. The van der Waals surface area contributed by atoms with Crippen molar-refractivity contribution in [1.82, 2.24) is 30.3 Å². The molecular weight excluding hydrogens is 280 g/mol. The van der Waals surface area contributed by atoms with Gasteiger partial charge in [0.25, 0.3) is 5.91 Å². The highest BCUT2D eigenvalue weighted by molar-refractivity contribution is 5.97. The molecule has 0 spiro atoms. The summed E-state index contributed by atoms with van der Waals surface area (Å²) in [5, 5.41) is 10.6. The van der Waals surface area contributed by atoms with Gasteiger partial charge in [-0.15, -0.1) is 0 Å². The third-order valence-corrected chi connectivity index (χ3v) is 4.12. The van der Waals surface area contributed by atoms with E-state index in [-0.39, 0.29) is 11.9 Å². The second-order valence-corrected chi connectivity index (χ2v) is 5.64. The summed E-state index contributed by atoms with van der Waals surface area (Å²) >= 11 is 0. The maximum atomic E-state index is 12.8. The number of rotatable bonds is 2. The fourth-order valence-electron chi connectivity index (χ4n) is 3.04. The van der Waals surface area contributed by atoms with Crippen LogP contribution in [0.5, 0.6) is 0 Å². The van der Waals surface area contributed by atoms with E-state index in [9.17, 15) is 4.79 Å². The molecule has 3 aromatic rings. The molecule has 0 bridgehead atoms. The largest absolute Gasteiger partial charge is 0.344 e. The van der Waals surface area contributed by atoms with E-state index in [1.807, 2.05) is 17.9 Å². The van der Waals surface area contributed by atoms with Crippen molar-refractivity contribution >= 4 is 16.9 Å². The maximum Gasteiger partial charge on any atom is 0.254 e. The second kappa shape index (κ2) is 4.94. The number of H-pyrrole nitrogens is 2. The average molecular weight is 296 g/mol. The van der Waals surface area contributed by atoms with Crippen LogP contribution in [0.25, 0.3) is 11.0 Å². The van der Waals surface area contributed by atoms with Crippen LogP contribution in [0.2, 0.25) is 0 Å². The first kappa shape index (κ1) is 13.0. The molecular formula is C15H16N6O. The number of hydrogen-bond donors (Lipinski definition) is 2. The molecule has 1 fully saturated rings. The summed E-state index contributed by atoms with van der Waals surface area (Å²) in [4.78, 5) is 22.4. The summed E-state index contributed by atoms with van der Waals surface area (Å²) in [5.74, 6) is 0.882. The van der Waals surface area contributed by atoms with Crippen molar-refractivity contribution in [3.63, 3.8) is 0 Å². The first-order chi connectivity index (χ1) is 10.7. The number of nitrogens with one attached hydrogen (secondary N) is 2. The summed E-state index contributed by atoms with van der Waals surface area (Å²) in [6, 6.07) is 5.42. The Hall–Kier alpha value is -2.70. The molecule has 112 valence electrons. The minimum Gasteiger partial charge on any atom is -0.344 e. The van der Waals surface area contributed by atoms with Gasteiger partial charge in [-0.1, -0.05) is 0 Å². The van der Waals surface area contributed by atoms with E-state index in [4.69, 9.17) is 0 Å². The number of aromatic amines is 2. The van der Waals surface area contributed by atoms with Gasteiger partial charge in [0.1, 0.15) is 16.9 Å². The van der Waals surface area contributed by atoms with Crippen LogP contribution in [-0.2, 0) is 0 Å². The molecule has 1 aliphatic rings. The third kappa shape index (κ3) is 2.05. The molecule has 1 atom stereocenters. The predicted octanol–water partition coefficient (Wildman–Crippen LogP) is 1.97. The highest BCUT2D eigenvalue weighted by Gasteiger charge is 2.32. The smallest absolute Gasteiger partial charge is 0.254 e. The van der Waals surface area contributed by atoms with E-state index < -0.39 is 0 Å². The van der Waals surface area contributed by atoms with Gasteiger partial charge in [-0.25, -0.2) is 4.98 Å². The van der Waals surface area contributed by atoms with E-state index in [0.29, 0.717) is 11.1 Å². The Bertz CT molecular complexity index is 835. The van der Waals surface area contributed by atoms with Crippen molar-refractivity contribution in [3.8, 4) is 0 Å². The maximum absolute atomic E-state index is 12.8. The van der Waals surface area contributed by atoms with Crippen LogP contribution in [-0.4, -0.2) is 42.7 Å². The van der Waals surface area contributed by atoms with E-state index >= 15 is 0 Å². The molecule has 0 radical (unpaired) electrons. The molecule has 0 aliphatic carbocycles. The number of imidazole rings is 1. The van der Waals surface area contributed by atoms with E-state index in [2.05, 4.69) is 25.4 Å². The first-order valence-electron chi connectivity index (χ1n) is 7.35. The second-order valence-electron chi connectivity index (χ2n) is 5.64. The summed E-state index contributed by atoms with van der Waals surface area (Å²) < 4.78 is 0.